The van der Waals surface area contributed by atoms with Crippen LogP contribution < -0.4 is 10.0 Å². The first kappa shape index (κ1) is 15.6. The molecule has 0 aromatic heterocycles. The number of hydrogen-bond acceptors (Lipinski definition) is 3. The van der Waals surface area contributed by atoms with Crippen LogP contribution in [-0.2, 0) is 14.8 Å². The summed E-state index contributed by atoms with van der Waals surface area (Å²) in [5, 5.41) is 4.94. The Morgan fingerprint density at radius 2 is 1.83 bits per heavy atom. The van der Waals surface area contributed by atoms with Gasteiger partial charge in [-0.05, 0) is 23.8 Å². The molecule has 3 rings (SSSR count). The highest BCUT2D eigenvalue weighted by atomic mass is 32.2. The molecule has 7 heteroatoms. The molecule has 2 aromatic rings. The normalized spacial score (nSPS) is 18.4. The van der Waals surface area contributed by atoms with E-state index in [0.717, 1.165) is 17.7 Å². The van der Waals surface area contributed by atoms with Gasteiger partial charge in [0.15, 0.2) is 0 Å². The summed E-state index contributed by atoms with van der Waals surface area (Å²) in [5.74, 6) is -1.05. The van der Waals surface area contributed by atoms with Crippen LogP contribution in [0, 0.1) is 5.82 Å². The van der Waals surface area contributed by atoms with Gasteiger partial charge in [0.1, 0.15) is 10.7 Å². The summed E-state index contributed by atoms with van der Waals surface area (Å²) in [5.41, 5.74) is 1.38. The Balaban J connectivity index is 1.88. The van der Waals surface area contributed by atoms with E-state index in [1.807, 2.05) is 30.3 Å². The highest BCUT2D eigenvalue weighted by Crippen LogP contribution is 2.32. The fraction of sp³-hybridized carbons (Fsp3) is 0.188. The molecule has 1 amide bonds. The number of halogens is 1. The van der Waals surface area contributed by atoms with Crippen molar-refractivity contribution in [3.8, 4) is 0 Å². The minimum Gasteiger partial charge on any atom is -0.312 e. The first-order chi connectivity index (χ1) is 10.9. The van der Waals surface area contributed by atoms with Crippen molar-refractivity contribution in [2.45, 2.75) is 17.2 Å². The molecule has 5 nitrogen and oxygen atoms in total. The summed E-state index contributed by atoms with van der Waals surface area (Å²) in [6.07, 6.45) is 0.336. The van der Waals surface area contributed by atoms with Gasteiger partial charge in [0.05, 0.1) is 0 Å². The van der Waals surface area contributed by atoms with Gasteiger partial charge in [-0.25, -0.2) is 17.9 Å². The summed E-state index contributed by atoms with van der Waals surface area (Å²) < 4.78 is 36.4. The maximum atomic E-state index is 13.9. The van der Waals surface area contributed by atoms with Gasteiger partial charge in [0.2, 0.25) is 15.9 Å². The fourth-order valence-corrected chi connectivity index (χ4v) is 3.38. The minimum atomic E-state index is -4.12. The van der Waals surface area contributed by atoms with E-state index in [-0.39, 0.29) is 11.8 Å². The van der Waals surface area contributed by atoms with Gasteiger partial charge in [-0.2, -0.15) is 0 Å². The molecule has 120 valence electrons. The van der Waals surface area contributed by atoms with Gasteiger partial charge in [-0.15, -0.1) is 0 Å². The van der Waals surface area contributed by atoms with E-state index in [2.05, 4.69) is 0 Å². The number of nitrogens with two attached hydrogens (primary N) is 1. The fourth-order valence-electron chi connectivity index (χ4n) is 2.79. The summed E-state index contributed by atoms with van der Waals surface area (Å²) in [4.78, 5) is 13.1. The quantitative estimate of drug-likeness (QED) is 0.932. The van der Waals surface area contributed by atoms with Crippen LogP contribution in [-0.4, -0.2) is 20.9 Å². The molecule has 1 fully saturated rings. The van der Waals surface area contributed by atoms with E-state index in [1.54, 1.807) is 0 Å². The van der Waals surface area contributed by atoms with E-state index in [9.17, 15) is 17.6 Å². The topological polar surface area (TPSA) is 80.5 Å². The van der Waals surface area contributed by atoms with Crippen molar-refractivity contribution in [2.24, 2.45) is 5.14 Å². The molecular formula is C16H15FN2O3S. The van der Waals surface area contributed by atoms with E-state index in [0.29, 0.717) is 18.7 Å². The van der Waals surface area contributed by atoms with Gasteiger partial charge < -0.3 is 4.90 Å². The summed E-state index contributed by atoms with van der Waals surface area (Å²) in [6, 6.07) is 13.1. The molecule has 0 radical (unpaired) electrons. The van der Waals surface area contributed by atoms with Crippen molar-refractivity contribution in [1.82, 2.24) is 0 Å². The molecule has 1 unspecified atom stereocenters. The Hall–Kier alpha value is -2.25. The Morgan fingerprint density at radius 1 is 1.13 bits per heavy atom. The van der Waals surface area contributed by atoms with Gasteiger partial charge in [-0.1, -0.05) is 30.3 Å². The lowest BCUT2D eigenvalue weighted by molar-refractivity contribution is -0.117. The van der Waals surface area contributed by atoms with E-state index in [1.165, 1.54) is 11.0 Å². The molecule has 23 heavy (non-hydrogen) atoms. The maximum Gasteiger partial charge on any atom is 0.240 e. The number of sulfonamides is 1. The number of amides is 1. The van der Waals surface area contributed by atoms with Crippen LogP contribution in [0.2, 0.25) is 0 Å². The van der Waals surface area contributed by atoms with Crippen molar-refractivity contribution >= 4 is 21.6 Å². The second-order valence-corrected chi connectivity index (χ2v) is 7.01. The average molecular weight is 334 g/mol. The molecule has 1 aliphatic rings. The number of hydrogen-bond donors (Lipinski definition) is 1. The molecule has 1 heterocycles. The Morgan fingerprint density at radius 3 is 2.43 bits per heavy atom. The van der Waals surface area contributed by atoms with Crippen LogP contribution in [0.5, 0.6) is 0 Å². The van der Waals surface area contributed by atoms with Gasteiger partial charge in [0.25, 0.3) is 0 Å². The van der Waals surface area contributed by atoms with Crippen LogP contribution in [0.3, 0.4) is 0 Å². The smallest absolute Gasteiger partial charge is 0.240 e. The van der Waals surface area contributed by atoms with E-state index < -0.39 is 20.7 Å². The number of rotatable bonds is 3. The third kappa shape index (κ3) is 3.11. The number of benzene rings is 2. The zero-order valence-corrected chi connectivity index (χ0v) is 13.0. The molecular weight excluding hydrogens is 319 g/mol. The van der Waals surface area contributed by atoms with E-state index >= 15 is 0 Å². The molecule has 0 aliphatic carbocycles. The Bertz CT molecular complexity index is 853. The molecule has 2 aromatic carbocycles. The number of nitrogens with zero attached hydrogens (tertiary/aromatic N) is 1. The SMILES string of the molecule is NS(=O)(=O)c1ccc(N2CC(c3ccccc3)CC2=O)cc1F. The van der Waals surface area contributed by atoms with Crippen LogP contribution in [0.4, 0.5) is 10.1 Å². The van der Waals surface area contributed by atoms with E-state index in [4.69, 9.17) is 5.14 Å². The summed E-state index contributed by atoms with van der Waals surface area (Å²) in [6.45, 7) is 0.428. The average Bonchev–Trinajstić information content (AvgIpc) is 2.89. The number of carbonyl (C=O) groups is 1. The third-order valence-corrected chi connectivity index (χ3v) is 4.87. The highest BCUT2D eigenvalue weighted by molar-refractivity contribution is 7.89. The van der Waals surface area contributed by atoms with Crippen LogP contribution >= 0.6 is 0 Å². The maximum absolute atomic E-state index is 13.9. The monoisotopic (exact) mass is 334 g/mol. The molecule has 0 bridgehead atoms. The van der Waals surface area contributed by atoms with Gasteiger partial charge >= 0.3 is 0 Å². The number of primary sulfonamides is 1. The second kappa shape index (κ2) is 5.75. The van der Waals surface area contributed by atoms with Crippen molar-refractivity contribution in [3.63, 3.8) is 0 Å². The zero-order chi connectivity index (χ0) is 16.6. The Kier molecular flexibility index (Phi) is 3.91. The molecule has 2 N–H and O–H groups in total. The first-order valence-corrected chi connectivity index (χ1v) is 8.58. The third-order valence-electron chi connectivity index (χ3n) is 3.93. The summed E-state index contributed by atoms with van der Waals surface area (Å²) >= 11 is 0. The first-order valence-electron chi connectivity index (χ1n) is 7.04. The highest BCUT2D eigenvalue weighted by Gasteiger charge is 2.32. The minimum absolute atomic E-state index is 0.0321. The number of carbonyl (C=O) groups excluding carboxylic acids is 1. The largest absolute Gasteiger partial charge is 0.312 e. The van der Waals surface area contributed by atoms with Gasteiger partial charge in [0, 0.05) is 24.6 Å². The lowest BCUT2D eigenvalue weighted by Gasteiger charge is -2.17. The standard InChI is InChI=1S/C16H15FN2O3S/c17-14-9-13(6-7-15(14)23(18,21)22)19-10-12(8-16(19)20)11-4-2-1-3-5-11/h1-7,9,12H,8,10H2,(H2,18,21,22). The second-order valence-electron chi connectivity index (χ2n) is 5.48. The van der Waals surface area contributed by atoms with Crippen molar-refractivity contribution in [3.05, 3.63) is 59.9 Å². The number of anilines is 1. The van der Waals surface area contributed by atoms with Crippen molar-refractivity contribution in [1.29, 1.82) is 0 Å². The van der Waals surface area contributed by atoms with Crippen molar-refractivity contribution < 1.29 is 17.6 Å². The lowest BCUT2D eigenvalue weighted by Crippen LogP contribution is -2.24. The lowest BCUT2D eigenvalue weighted by atomic mass is 9.99. The van der Waals surface area contributed by atoms with Crippen LogP contribution in [0.15, 0.2) is 53.4 Å². The molecule has 0 spiro atoms. The van der Waals surface area contributed by atoms with Crippen LogP contribution in [0.1, 0.15) is 17.9 Å². The molecule has 1 saturated heterocycles. The van der Waals surface area contributed by atoms with Crippen LogP contribution in [0.25, 0.3) is 0 Å². The summed E-state index contributed by atoms with van der Waals surface area (Å²) in [7, 11) is -4.12. The Labute approximate surface area is 133 Å². The van der Waals surface area contributed by atoms with Gasteiger partial charge in [-0.3, -0.25) is 4.79 Å². The molecule has 1 aliphatic heterocycles. The molecule has 1 atom stereocenters. The van der Waals surface area contributed by atoms with Crippen molar-refractivity contribution in [2.75, 3.05) is 11.4 Å². The predicted molar refractivity (Wildman–Crippen MR) is 83.9 cm³/mol. The molecule has 0 saturated carbocycles. The zero-order valence-electron chi connectivity index (χ0n) is 12.1. The predicted octanol–water partition coefficient (Wildman–Crippen LogP) is 1.99.